The normalized spacial score (nSPS) is 11.0. The molecule has 0 aliphatic carbocycles. The molecule has 0 radical (unpaired) electrons. The molecule has 0 heterocycles. The van der Waals surface area contributed by atoms with Crippen molar-refractivity contribution in [3.8, 4) is 11.5 Å². The van der Waals surface area contributed by atoms with Crippen molar-refractivity contribution in [3.63, 3.8) is 0 Å². The zero-order valence-corrected chi connectivity index (χ0v) is 17.2. The van der Waals surface area contributed by atoms with Gasteiger partial charge in [0, 0.05) is 20.5 Å². The van der Waals surface area contributed by atoms with E-state index in [4.69, 9.17) is 14.6 Å². The van der Waals surface area contributed by atoms with Crippen molar-refractivity contribution in [2.24, 2.45) is 5.14 Å². The minimum atomic E-state index is -3.88. The summed E-state index contributed by atoms with van der Waals surface area (Å²) >= 11 is 0. The number of anilines is 2. The highest BCUT2D eigenvalue weighted by atomic mass is 32.2. The van der Waals surface area contributed by atoms with E-state index in [0.29, 0.717) is 29.3 Å². The van der Waals surface area contributed by atoms with E-state index >= 15 is 0 Å². The molecule has 0 fully saturated rings. The summed E-state index contributed by atoms with van der Waals surface area (Å²) in [5, 5.41) is 7.96. The lowest BCUT2D eigenvalue weighted by Crippen LogP contribution is -2.19. The summed E-state index contributed by atoms with van der Waals surface area (Å²) in [6, 6.07) is 9.83. The van der Waals surface area contributed by atoms with Crippen molar-refractivity contribution in [2.75, 3.05) is 38.5 Å². The first kappa shape index (κ1) is 21.5. The predicted molar refractivity (Wildman–Crippen MR) is 109 cm³/mol. The SMILES string of the molecule is COc1cccc(CCC(=O)Nc2cc(S(N)(=O)=O)ccc2N(C)C)c1OC. The molecule has 0 unspecified atom stereocenters. The van der Waals surface area contributed by atoms with Crippen molar-refractivity contribution >= 4 is 27.3 Å². The third kappa shape index (κ3) is 5.14. The molecule has 9 heteroatoms. The number of hydrogen-bond acceptors (Lipinski definition) is 6. The number of carbonyl (C=O) groups excluding carboxylic acids is 1. The second kappa shape index (κ2) is 8.94. The number of nitrogens with zero attached hydrogens (tertiary/aromatic N) is 1. The van der Waals surface area contributed by atoms with Crippen LogP contribution in [-0.4, -0.2) is 42.6 Å². The molecule has 2 aromatic carbocycles. The summed E-state index contributed by atoms with van der Waals surface area (Å²) in [6.45, 7) is 0. The number of primary sulfonamides is 1. The van der Waals surface area contributed by atoms with E-state index in [2.05, 4.69) is 5.32 Å². The van der Waals surface area contributed by atoms with Crippen LogP contribution < -0.4 is 24.8 Å². The highest BCUT2D eigenvalue weighted by Gasteiger charge is 2.16. The smallest absolute Gasteiger partial charge is 0.238 e. The number of methoxy groups -OCH3 is 2. The number of nitrogens with one attached hydrogen (secondary N) is 1. The van der Waals surface area contributed by atoms with Gasteiger partial charge in [-0.05, 0) is 36.2 Å². The molecule has 8 nitrogen and oxygen atoms in total. The van der Waals surface area contributed by atoms with E-state index in [1.54, 1.807) is 45.3 Å². The fourth-order valence-corrected chi connectivity index (χ4v) is 3.33. The van der Waals surface area contributed by atoms with Gasteiger partial charge in [-0.2, -0.15) is 0 Å². The van der Waals surface area contributed by atoms with E-state index in [1.807, 2.05) is 12.1 Å². The molecule has 3 N–H and O–H groups in total. The van der Waals surface area contributed by atoms with Crippen LogP contribution in [0.4, 0.5) is 11.4 Å². The van der Waals surface area contributed by atoms with E-state index in [-0.39, 0.29) is 17.2 Å². The molecule has 0 bridgehead atoms. The second-order valence-electron chi connectivity index (χ2n) is 6.32. The average molecular weight is 407 g/mol. The quantitative estimate of drug-likeness (QED) is 0.692. The largest absolute Gasteiger partial charge is 0.493 e. The van der Waals surface area contributed by atoms with Crippen LogP contribution in [0.3, 0.4) is 0 Å². The van der Waals surface area contributed by atoms with Gasteiger partial charge in [0.2, 0.25) is 15.9 Å². The average Bonchev–Trinajstić information content (AvgIpc) is 2.64. The molecule has 0 aliphatic heterocycles. The summed E-state index contributed by atoms with van der Waals surface area (Å²) in [6.07, 6.45) is 0.606. The lowest BCUT2D eigenvalue weighted by atomic mass is 10.1. The molecule has 0 spiro atoms. The fraction of sp³-hybridized carbons (Fsp3) is 0.316. The zero-order chi connectivity index (χ0) is 20.9. The lowest BCUT2D eigenvalue weighted by molar-refractivity contribution is -0.116. The van der Waals surface area contributed by atoms with Gasteiger partial charge in [-0.3, -0.25) is 4.79 Å². The van der Waals surface area contributed by atoms with Gasteiger partial charge < -0.3 is 19.7 Å². The van der Waals surface area contributed by atoms with Gasteiger partial charge in [0.1, 0.15) is 0 Å². The third-order valence-electron chi connectivity index (χ3n) is 4.16. The maximum atomic E-state index is 12.5. The first-order chi connectivity index (χ1) is 13.2. The highest BCUT2D eigenvalue weighted by molar-refractivity contribution is 7.89. The number of benzene rings is 2. The van der Waals surface area contributed by atoms with Gasteiger partial charge in [0.15, 0.2) is 11.5 Å². The number of nitrogens with two attached hydrogens (primary N) is 1. The molecule has 0 saturated carbocycles. The summed E-state index contributed by atoms with van der Waals surface area (Å²) < 4.78 is 33.9. The Morgan fingerprint density at radius 1 is 1.14 bits per heavy atom. The number of carbonyl (C=O) groups is 1. The van der Waals surface area contributed by atoms with Crippen molar-refractivity contribution in [1.82, 2.24) is 0 Å². The van der Waals surface area contributed by atoms with Gasteiger partial charge in [0.05, 0.1) is 30.5 Å². The Kier molecular flexibility index (Phi) is 6.87. The van der Waals surface area contributed by atoms with Crippen LogP contribution in [0.25, 0.3) is 0 Å². The van der Waals surface area contributed by atoms with E-state index in [1.165, 1.54) is 12.1 Å². The molecule has 2 rings (SSSR count). The summed E-state index contributed by atoms with van der Waals surface area (Å²) in [5.41, 5.74) is 1.88. The number of para-hydroxylation sites is 1. The van der Waals surface area contributed by atoms with Crippen LogP contribution in [-0.2, 0) is 21.2 Å². The monoisotopic (exact) mass is 407 g/mol. The van der Waals surface area contributed by atoms with Gasteiger partial charge in [-0.1, -0.05) is 12.1 Å². The molecule has 152 valence electrons. The Balaban J connectivity index is 2.19. The summed E-state index contributed by atoms with van der Waals surface area (Å²) in [4.78, 5) is 14.2. The van der Waals surface area contributed by atoms with Gasteiger partial charge >= 0.3 is 0 Å². The third-order valence-corrected chi connectivity index (χ3v) is 5.07. The molecule has 2 aromatic rings. The van der Waals surface area contributed by atoms with Gasteiger partial charge in [-0.15, -0.1) is 0 Å². The maximum Gasteiger partial charge on any atom is 0.238 e. The number of hydrogen-bond donors (Lipinski definition) is 2. The Hall–Kier alpha value is -2.78. The van der Waals surface area contributed by atoms with E-state index < -0.39 is 10.0 Å². The standard InChI is InChI=1S/C19H25N3O5S/c1-22(2)16-10-9-14(28(20,24)25)12-15(16)21-18(23)11-8-13-6-5-7-17(26-3)19(13)27-4/h5-7,9-10,12H,8,11H2,1-4H3,(H,21,23)(H2,20,24,25). The maximum absolute atomic E-state index is 12.5. The van der Waals surface area contributed by atoms with Crippen molar-refractivity contribution in [3.05, 3.63) is 42.0 Å². The molecular formula is C19H25N3O5S. The molecular weight excluding hydrogens is 382 g/mol. The molecule has 28 heavy (non-hydrogen) atoms. The topological polar surface area (TPSA) is 111 Å². The number of amides is 1. The number of aryl methyl sites for hydroxylation is 1. The Morgan fingerprint density at radius 3 is 2.43 bits per heavy atom. The van der Waals surface area contributed by atoms with E-state index in [9.17, 15) is 13.2 Å². The number of rotatable bonds is 8. The lowest BCUT2D eigenvalue weighted by Gasteiger charge is -2.19. The van der Waals surface area contributed by atoms with Crippen LogP contribution in [0.5, 0.6) is 11.5 Å². The first-order valence-electron chi connectivity index (χ1n) is 8.51. The van der Waals surface area contributed by atoms with Crippen LogP contribution in [0.15, 0.2) is 41.3 Å². The minimum absolute atomic E-state index is 0.0668. The van der Waals surface area contributed by atoms with Gasteiger partial charge in [-0.25, -0.2) is 13.6 Å². The van der Waals surface area contributed by atoms with Crippen LogP contribution >= 0.6 is 0 Å². The Morgan fingerprint density at radius 2 is 1.86 bits per heavy atom. The number of sulfonamides is 1. The van der Waals surface area contributed by atoms with Crippen LogP contribution in [0.1, 0.15) is 12.0 Å². The highest BCUT2D eigenvalue weighted by Crippen LogP contribution is 2.32. The Bertz CT molecular complexity index is 958. The molecule has 0 aromatic heterocycles. The molecule has 0 atom stereocenters. The Labute approximate surface area is 165 Å². The van der Waals surface area contributed by atoms with Gasteiger partial charge in [0.25, 0.3) is 0 Å². The zero-order valence-electron chi connectivity index (χ0n) is 16.4. The van der Waals surface area contributed by atoms with Crippen molar-refractivity contribution in [2.45, 2.75) is 17.7 Å². The van der Waals surface area contributed by atoms with Crippen LogP contribution in [0, 0.1) is 0 Å². The second-order valence-corrected chi connectivity index (χ2v) is 7.88. The molecule has 0 aliphatic rings. The molecule has 0 saturated heterocycles. The summed E-state index contributed by atoms with van der Waals surface area (Å²) in [7, 11) is 2.81. The summed E-state index contributed by atoms with van der Waals surface area (Å²) in [5.74, 6) is 0.915. The van der Waals surface area contributed by atoms with Crippen LogP contribution in [0.2, 0.25) is 0 Å². The minimum Gasteiger partial charge on any atom is -0.493 e. The number of ether oxygens (including phenoxy) is 2. The predicted octanol–water partition coefficient (Wildman–Crippen LogP) is 1.99. The first-order valence-corrected chi connectivity index (χ1v) is 10.1. The van der Waals surface area contributed by atoms with E-state index in [0.717, 1.165) is 5.56 Å². The van der Waals surface area contributed by atoms with Crippen molar-refractivity contribution in [1.29, 1.82) is 0 Å². The van der Waals surface area contributed by atoms with Crippen molar-refractivity contribution < 1.29 is 22.7 Å². The fourth-order valence-electron chi connectivity index (χ4n) is 2.79. The molecule has 1 amide bonds.